The van der Waals surface area contributed by atoms with Gasteiger partial charge in [0.25, 0.3) is 70.9 Å². The van der Waals surface area contributed by atoms with E-state index in [1.807, 2.05) is 6.92 Å². The lowest BCUT2D eigenvalue weighted by atomic mass is 9.71. The van der Waals surface area contributed by atoms with E-state index in [0.29, 0.717) is 60.6 Å². The Labute approximate surface area is 660 Å². The van der Waals surface area contributed by atoms with Crippen LogP contribution in [0.1, 0.15) is 226 Å². The minimum atomic E-state index is -6.03. The molecule has 1 N–H and O–H groups in total. The third-order valence-electron chi connectivity index (χ3n) is 23.3. The van der Waals surface area contributed by atoms with Gasteiger partial charge in [-0.2, -0.15) is 52.7 Å². The average molecular weight is 1630 g/mol. The maximum atomic E-state index is 15.6. The zero-order valence-corrected chi connectivity index (χ0v) is 63.8. The number of amides is 12. The van der Waals surface area contributed by atoms with Crippen LogP contribution in [0.3, 0.4) is 0 Å². The van der Waals surface area contributed by atoms with Crippen molar-refractivity contribution in [2.45, 2.75) is 110 Å². The first kappa shape index (κ1) is 81.0. The molecule has 15 rings (SSSR count). The second kappa shape index (κ2) is 26.8. The summed E-state index contributed by atoms with van der Waals surface area (Å²) in [6.07, 6.45) is -22.3. The van der Waals surface area contributed by atoms with Gasteiger partial charge in [0, 0.05) is 14.1 Å². The van der Waals surface area contributed by atoms with Gasteiger partial charge >= 0.3 is 30.7 Å². The number of carbonyl (C=O) groups is 13. The lowest BCUT2D eigenvalue weighted by Gasteiger charge is -2.38. The van der Waals surface area contributed by atoms with Crippen LogP contribution in [0.25, 0.3) is 0 Å². The summed E-state index contributed by atoms with van der Waals surface area (Å²) in [4.78, 5) is 178. The number of carboxylic acids is 1. The van der Waals surface area contributed by atoms with Gasteiger partial charge in [0.05, 0.1) is 95.1 Å². The highest BCUT2D eigenvalue weighted by Crippen LogP contribution is 2.58. The van der Waals surface area contributed by atoms with Gasteiger partial charge in [-0.15, -0.1) is 0 Å². The van der Waals surface area contributed by atoms with E-state index in [2.05, 4.69) is 0 Å². The number of aromatic carboxylic acids is 1. The van der Waals surface area contributed by atoms with Crippen LogP contribution in [-0.2, 0) is 16.2 Å². The molecule has 0 unspecified atom stereocenters. The number of carboxylic acid groups (broad SMARTS) is 1. The predicted octanol–water partition coefficient (Wildman–Crippen LogP) is 16.3. The van der Waals surface area contributed by atoms with Gasteiger partial charge in [-0.3, -0.25) is 67.3 Å². The van der Waals surface area contributed by atoms with Gasteiger partial charge in [0.2, 0.25) is 5.41 Å². The first-order chi connectivity index (χ1) is 54.8. The molecule has 12 amide bonds. The highest BCUT2D eigenvalue weighted by Gasteiger charge is 2.73. The third kappa shape index (κ3) is 11.4. The molecule has 0 aromatic heterocycles. The minimum Gasteiger partial charge on any atom is -0.478 e. The van der Waals surface area contributed by atoms with Crippen LogP contribution < -0.4 is 19.6 Å². The number of hydrogen-bond acceptors (Lipinski definition) is 13. The second-order valence-corrected chi connectivity index (χ2v) is 30.0. The predicted molar refractivity (Wildman–Crippen MR) is 398 cm³/mol. The molecule has 6 heterocycles. The molecule has 0 saturated carbocycles. The van der Waals surface area contributed by atoms with Gasteiger partial charge in [-0.25, -0.2) is 24.4 Å². The van der Waals surface area contributed by atoms with E-state index in [1.54, 1.807) is 26.8 Å². The van der Waals surface area contributed by atoms with E-state index in [9.17, 15) is 93.8 Å². The Kier molecular flexibility index (Phi) is 18.4. The Morgan fingerprint density at radius 3 is 0.847 bits per heavy atom. The lowest BCUT2D eigenvalue weighted by molar-refractivity contribution is -0.288. The summed E-state index contributed by atoms with van der Waals surface area (Å²) in [5.74, 6) is -12.7. The molecule has 32 heteroatoms. The fourth-order valence-corrected chi connectivity index (χ4v) is 16.7. The Hall–Kier alpha value is -13.6. The third-order valence-corrected chi connectivity index (χ3v) is 23.3. The Morgan fingerprint density at radius 1 is 0.280 bits per heavy atom. The van der Waals surface area contributed by atoms with E-state index in [-0.39, 0.29) is 83.9 Å². The van der Waals surface area contributed by atoms with Gasteiger partial charge < -0.3 is 5.11 Å². The summed E-state index contributed by atoms with van der Waals surface area (Å²) in [6, 6.07) is 22.3. The van der Waals surface area contributed by atoms with Crippen molar-refractivity contribution in [2.75, 3.05) is 33.7 Å². The molecule has 0 aliphatic carbocycles. The molecule has 6 aliphatic rings. The zero-order chi connectivity index (χ0) is 86.6. The summed E-state index contributed by atoms with van der Waals surface area (Å²) in [5, 5.41) is 9.59. The maximum absolute atomic E-state index is 15.6. The fourth-order valence-electron chi connectivity index (χ4n) is 16.7. The maximum Gasteiger partial charge on any atom is 0.411 e. The van der Waals surface area contributed by atoms with Crippen molar-refractivity contribution < 1.29 is 120 Å². The molecular weight excluding hydrogens is 1570 g/mol. The topological polar surface area (TPSA) is 262 Å². The Morgan fingerprint density at radius 2 is 0.534 bits per heavy atom. The lowest BCUT2D eigenvalue weighted by Crippen LogP contribution is -2.55. The molecule has 20 nitrogen and oxygen atoms in total. The quantitative estimate of drug-likeness (QED) is 0.0933. The van der Waals surface area contributed by atoms with E-state index in [4.69, 9.17) is 0 Å². The normalized spacial score (nSPS) is 16.4. The van der Waals surface area contributed by atoms with Crippen LogP contribution >= 0.6 is 0 Å². The summed E-state index contributed by atoms with van der Waals surface area (Å²) < 4.78 is 182. The molecule has 9 aromatic rings. The highest BCUT2D eigenvalue weighted by molar-refractivity contribution is 6.38. The highest BCUT2D eigenvalue weighted by atomic mass is 19.4. The molecule has 9 aromatic carbocycles. The number of hydrogen-bond donors (Lipinski definition) is 1. The SMILES string of the molecule is Cc1cc(C(=O)O)cc(N2C(=O)c3ccc([C@](C)(c4ccc5c(c4)C(=O)N(c4c(C)cc(C)c(N6C(=O)c7ccc([C@](C)(c8ccc9c(c8)C(=O)N(C)C9=O)C(F)(F)F)cc7C6=O)c4C)C5=O)C(F)(F)F)cc3C2=O)c1.Cc1cc(C)c(N2C(=O)c3ccc(C(c4ccc5c(c4)C(=O)N(C)C5=O)(C(F)(F)F)C(F)(F)F)cc3C2=O)c(C)c1C. The molecular formula is C86H60F12N6O14. The molecule has 0 spiro atoms. The summed E-state index contributed by atoms with van der Waals surface area (Å²) in [7, 11) is 2.24. The van der Waals surface area contributed by atoms with E-state index < -0.39 is 179 Å². The van der Waals surface area contributed by atoms with Crippen molar-refractivity contribution in [3.63, 3.8) is 0 Å². The molecule has 0 fully saturated rings. The summed E-state index contributed by atoms with van der Waals surface area (Å²) >= 11 is 0. The number of halogens is 12. The number of rotatable bonds is 11. The van der Waals surface area contributed by atoms with Crippen LogP contribution in [0.2, 0.25) is 0 Å². The molecule has 2 atom stereocenters. The van der Waals surface area contributed by atoms with Crippen molar-refractivity contribution in [2.24, 2.45) is 0 Å². The van der Waals surface area contributed by atoms with Gasteiger partial charge in [0.1, 0.15) is 10.8 Å². The van der Waals surface area contributed by atoms with E-state index >= 15 is 26.3 Å². The van der Waals surface area contributed by atoms with Crippen LogP contribution in [0.5, 0.6) is 0 Å². The van der Waals surface area contributed by atoms with Crippen molar-refractivity contribution in [1.82, 2.24) is 9.80 Å². The van der Waals surface area contributed by atoms with E-state index in [0.717, 1.165) is 133 Å². The monoisotopic (exact) mass is 1630 g/mol. The molecule has 602 valence electrons. The number of alkyl halides is 12. The van der Waals surface area contributed by atoms with Crippen molar-refractivity contribution in [3.8, 4) is 0 Å². The first-order valence-corrected chi connectivity index (χ1v) is 35.7. The Bertz CT molecular complexity index is 6240. The van der Waals surface area contributed by atoms with Crippen LogP contribution in [0.4, 0.5) is 75.4 Å². The molecule has 0 saturated heterocycles. The first-order valence-electron chi connectivity index (χ1n) is 35.7. The van der Waals surface area contributed by atoms with Crippen molar-refractivity contribution >= 4 is 99.6 Å². The Balaban J connectivity index is 0.000000230. The number of nitrogens with zero attached hydrogens (tertiary/aromatic N) is 6. The van der Waals surface area contributed by atoms with Gasteiger partial charge in [-0.05, 0) is 238 Å². The largest absolute Gasteiger partial charge is 0.478 e. The summed E-state index contributed by atoms with van der Waals surface area (Å²) in [5.41, 5.74) is -16.6. The van der Waals surface area contributed by atoms with Gasteiger partial charge in [-0.1, -0.05) is 48.5 Å². The number of anilines is 4. The number of carbonyl (C=O) groups excluding carboxylic acids is 12. The number of imide groups is 6. The molecule has 6 aliphatic heterocycles. The van der Waals surface area contributed by atoms with Crippen molar-refractivity contribution in [3.05, 3.63) is 290 Å². The number of benzene rings is 9. The smallest absolute Gasteiger partial charge is 0.411 e. The number of fused-ring (bicyclic) bond motifs is 6. The molecule has 0 radical (unpaired) electrons. The van der Waals surface area contributed by atoms with Gasteiger partial charge in [0.15, 0.2) is 0 Å². The standard InChI is InChI=1S/C56H38F6N4O10.C30H22F6N2O4/c1-24-16-28(52(75)76)19-33(17-24)64-46(69)35-13-9-30(21-39(35)49(64)72)54(6,56(60,61)62)32-11-15-37-41(23-32)51(74)66(48(37)71)43-26(3)18-25(2)42(27(43)4)65-47(70)36-14-10-31(22-40(36)50(65)73)53(5,55(57,58)59)29-8-12-34-38(20-29)45(68)63(7)44(34)67;1-13-10-14(2)23(16(4)15(13)3)38-26(41)20-9-7-18(12-22(20)27(38)42)28(29(31,32)33,30(34,35)36)17-6-8-19-21(11-17)25(40)37(5)24(19)39/h8-23H,1-7H3,(H,75,76);6-12H,1-5H3/t53-,54+;/m0./s1. The van der Waals surface area contributed by atoms with Crippen LogP contribution in [-0.4, -0.2) is 131 Å². The minimum absolute atomic E-state index is 0.000730. The van der Waals surface area contributed by atoms with Crippen LogP contribution in [0, 0.1) is 55.4 Å². The van der Waals surface area contributed by atoms with E-state index in [1.165, 1.54) is 52.9 Å². The van der Waals surface area contributed by atoms with Crippen LogP contribution in [0.15, 0.2) is 140 Å². The summed E-state index contributed by atoms with van der Waals surface area (Å²) in [6.45, 7) is 14.4. The average Bonchev–Trinajstić information content (AvgIpc) is 1.49. The fraction of sp³-hybridized carbons (Fsp3) is 0.221. The molecule has 0 bridgehead atoms. The number of aryl methyl sites for hydroxylation is 5. The second-order valence-electron chi connectivity index (χ2n) is 30.0. The zero-order valence-electron chi connectivity index (χ0n) is 63.8. The van der Waals surface area contributed by atoms with Crippen molar-refractivity contribution in [1.29, 1.82) is 0 Å². The molecule has 118 heavy (non-hydrogen) atoms.